The Bertz CT molecular complexity index is 202. The molecule has 82 valence electrons. The summed E-state index contributed by atoms with van der Waals surface area (Å²) in [5, 5.41) is 3.22. The van der Waals surface area contributed by atoms with Gasteiger partial charge in [-0.3, -0.25) is 4.79 Å². The Labute approximate surface area is 90.0 Å². The molecule has 0 saturated carbocycles. The van der Waals surface area contributed by atoms with E-state index in [-0.39, 0.29) is 12.0 Å². The number of methoxy groups -OCH3 is 1. The number of nitrogens with one attached hydrogen (secondary N) is 1. The molecule has 0 aliphatic carbocycles. The maximum absolute atomic E-state index is 11.1. The molecule has 1 rings (SSSR count). The lowest BCUT2D eigenvalue weighted by atomic mass is 10.1. The third-order valence-electron chi connectivity index (χ3n) is 2.64. The summed E-state index contributed by atoms with van der Waals surface area (Å²) in [6.45, 7) is 4.98. The summed E-state index contributed by atoms with van der Waals surface area (Å²) in [5.41, 5.74) is 0. The van der Waals surface area contributed by atoms with Crippen LogP contribution in [0.2, 0.25) is 0 Å². The van der Waals surface area contributed by atoms with Crippen LogP contribution in [0.4, 0.5) is 0 Å². The van der Waals surface area contributed by atoms with E-state index in [2.05, 4.69) is 17.0 Å². The van der Waals surface area contributed by atoms with Crippen LogP contribution in [0.3, 0.4) is 0 Å². The van der Waals surface area contributed by atoms with Crippen molar-refractivity contribution >= 4 is 17.7 Å². The summed E-state index contributed by atoms with van der Waals surface area (Å²) < 4.78 is 4.96. The van der Waals surface area contributed by atoms with Gasteiger partial charge >= 0.3 is 5.97 Å². The standard InChI is InChI=1S/C10H19NO2S/c1-8(9(12)13-3)11-7-10(2)5-4-6-14-10/h8,11H,4-7H2,1-3H3. The first-order valence-electron chi connectivity index (χ1n) is 5.02. The van der Waals surface area contributed by atoms with E-state index in [1.54, 1.807) is 0 Å². The number of hydrogen-bond acceptors (Lipinski definition) is 4. The maximum atomic E-state index is 11.1. The fraction of sp³-hybridized carbons (Fsp3) is 0.900. The summed E-state index contributed by atoms with van der Waals surface area (Å²) in [4.78, 5) is 11.1. The minimum absolute atomic E-state index is 0.184. The highest BCUT2D eigenvalue weighted by molar-refractivity contribution is 8.00. The number of rotatable bonds is 4. The number of carbonyl (C=O) groups is 1. The molecule has 1 heterocycles. The molecule has 1 aliphatic rings. The molecule has 1 fully saturated rings. The number of ether oxygens (including phenoxy) is 1. The normalized spacial score (nSPS) is 28.8. The van der Waals surface area contributed by atoms with Crippen LogP contribution in [0, 0.1) is 0 Å². The summed E-state index contributed by atoms with van der Waals surface area (Å²) in [6.07, 6.45) is 2.52. The quantitative estimate of drug-likeness (QED) is 0.723. The van der Waals surface area contributed by atoms with Gasteiger partial charge in [-0.1, -0.05) is 0 Å². The van der Waals surface area contributed by atoms with Gasteiger partial charge in [0.15, 0.2) is 0 Å². The Morgan fingerprint density at radius 1 is 1.71 bits per heavy atom. The molecule has 3 nitrogen and oxygen atoms in total. The summed E-state index contributed by atoms with van der Waals surface area (Å²) in [7, 11) is 1.42. The molecule has 0 amide bonds. The van der Waals surface area contributed by atoms with Gasteiger partial charge in [0.25, 0.3) is 0 Å². The van der Waals surface area contributed by atoms with E-state index >= 15 is 0 Å². The molecule has 2 atom stereocenters. The summed E-state index contributed by atoms with van der Waals surface area (Å²) >= 11 is 1.99. The number of thioether (sulfide) groups is 1. The van der Waals surface area contributed by atoms with Gasteiger partial charge < -0.3 is 10.1 Å². The van der Waals surface area contributed by atoms with E-state index in [1.807, 2.05) is 18.7 Å². The second-order valence-corrected chi connectivity index (χ2v) is 5.71. The van der Waals surface area contributed by atoms with Gasteiger partial charge in [-0.25, -0.2) is 0 Å². The van der Waals surface area contributed by atoms with Crippen molar-refractivity contribution in [3.8, 4) is 0 Å². The molecule has 0 spiro atoms. The fourth-order valence-corrected chi connectivity index (χ4v) is 2.86. The fourth-order valence-electron chi connectivity index (χ4n) is 1.61. The lowest BCUT2D eigenvalue weighted by Crippen LogP contribution is -2.42. The molecule has 1 saturated heterocycles. The molecule has 0 aromatic heterocycles. The topological polar surface area (TPSA) is 38.3 Å². The predicted molar refractivity (Wildman–Crippen MR) is 59.6 cm³/mol. The summed E-state index contributed by atoms with van der Waals surface area (Å²) in [5.74, 6) is 1.06. The molecule has 0 aromatic rings. The average molecular weight is 217 g/mol. The second-order valence-electron chi connectivity index (χ2n) is 4.03. The zero-order valence-corrected chi connectivity index (χ0v) is 9.95. The largest absolute Gasteiger partial charge is 0.468 e. The van der Waals surface area contributed by atoms with Gasteiger partial charge in [-0.2, -0.15) is 11.8 Å². The van der Waals surface area contributed by atoms with Crippen molar-refractivity contribution in [1.29, 1.82) is 0 Å². The smallest absolute Gasteiger partial charge is 0.322 e. The van der Waals surface area contributed by atoms with Crippen molar-refractivity contribution in [2.24, 2.45) is 0 Å². The van der Waals surface area contributed by atoms with Gasteiger partial charge in [-0.05, 0) is 32.4 Å². The van der Waals surface area contributed by atoms with Crippen LogP contribution < -0.4 is 5.32 Å². The Morgan fingerprint density at radius 3 is 2.93 bits per heavy atom. The third kappa shape index (κ3) is 3.17. The highest BCUT2D eigenvalue weighted by Crippen LogP contribution is 2.36. The maximum Gasteiger partial charge on any atom is 0.322 e. The second kappa shape index (κ2) is 5.03. The lowest BCUT2D eigenvalue weighted by molar-refractivity contribution is -0.142. The first-order valence-corrected chi connectivity index (χ1v) is 6.01. The van der Waals surface area contributed by atoms with Gasteiger partial charge in [0.1, 0.15) is 6.04 Å². The Morgan fingerprint density at radius 2 is 2.43 bits per heavy atom. The number of hydrogen-bond donors (Lipinski definition) is 1. The van der Waals surface area contributed by atoms with Gasteiger partial charge in [0, 0.05) is 11.3 Å². The molecular weight excluding hydrogens is 198 g/mol. The Kier molecular flexibility index (Phi) is 4.26. The van der Waals surface area contributed by atoms with Crippen LogP contribution in [0.25, 0.3) is 0 Å². The van der Waals surface area contributed by atoms with E-state index in [4.69, 9.17) is 0 Å². The van der Waals surface area contributed by atoms with Crippen LogP contribution in [-0.4, -0.2) is 36.2 Å². The molecule has 2 unspecified atom stereocenters. The molecule has 1 N–H and O–H groups in total. The first kappa shape index (κ1) is 11.9. The monoisotopic (exact) mass is 217 g/mol. The molecular formula is C10H19NO2S. The van der Waals surface area contributed by atoms with E-state index < -0.39 is 0 Å². The van der Waals surface area contributed by atoms with Crippen LogP contribution in [0.1, 0.15) is 26.7 Å². The van der Waals surface area contributed by atoms with E-state index in [9.17, 15) is 4.79 Å². The highest BCUT2D eigenvalue weighted by Gasteiger charge is 2.30. The molecule has 0 aromatic carbocycles. The Hall–Kier alpha value is -0.220. The number of esters is 1. The molecule has 1 aliphatic heterocycles. The SMILES string of the molecule is COC(=O)C(C)NCC1(C)CCCS1. The van der Waals surface area contributed by atoms with Gasteiger partial charge in [-0.15, -0.1) is 0 Å². The minimum atomic E-state index is -0.196. The number of carbonyl (C=O) groups excluding carboxylic acids is 1. The van der Waals surface area contributed by atoms with Crippen molar-refractivity contribution in [2.75, 3.05) is 19.4 Å². The first-order chi connectivity index (χ1) is 6.57. The zero-order valence-electron chi connectivity index (χ0n) is 9.13. The van der Waals surface area contributed by atoms with Crippen molar-refractivity contribution in [1.82, 2.24) is 5.32 Å². The molecule has 0 bridgehead atoms. The average Bonchev–Trinajstić information content (AvgIpc) is 2.61. The van der Waals surface area contributed by atoms with Crippen molar-refractivity contribution in [3.63, 3.8) is 0 Å². The van der Waals surface area contributed by atoms with Crippen LogP contribution in [0.5, 0.6) is 0 Å². The van der Waals surface area contributed by atoms with E-state index in [0.29, 0.717) is 4.75 Å². The summed E-state index contributed by atoms with van der Waals surface area (Å²) in [6, 6.07) is -0.196. The highest BCUT2D eigenvalue weighted by atomic mass is 32.2. The van der Waals surface area contributed by atoms with Crippen LogP contribution in [-0.2, 0) is 9.53 Å². The van der Waals surface area contributed by atoms with Crippen molar-refractivity contribution < 1.29 is 9.53 Å². The predicted octanol–water partition coefficient (Wildman–Crippen LogP) is 1.42. The van der Waals surface area contributed by atoms with Gasteiger partial charge in [0.05, 0.1) is 7.11 Å². The van der Waals surface area contributed by atoms with Crippen molar-refractivity contribution in [3.05, 3.63) is 0 Å². The zero-order chi connectivity index (χ0) is 10.6. The molecule has 14 heavy (non-hydrogen) atoms. The van der Waals surface area contributed by atoms with E-state index in [0.717, 1.165) is 6.54 Å². The van der Waals surface area contributed by atoms with Crippen LogP contribution in [0.15, 0.2) is 0 Å². The van der Waals surface area contributed by atoms with Gasteiger partial charge in [0.2, 0.25) is 0 Å². The molecule has 0 radical (unpaired) electrons. The van der Waals surface area contributed by atoms with Crippen molar-refractivity contribution in [2.45, 2.75) is 37.5 Å². The minimum Gasteiger partial charge on any atom is -0.468 e. The lowest BCUT2D eigenvalue weighted by Gasteiger charge is -2.24. The van der Waals surface area contributed by atoms with E-state index in [1.165, 1.54) is 25.7 Å². The third-order valence-corrected chi connectivity index (χ3v) is 4.18. The van der Waals surface area contributed by atoms with Crippen LogP contribution >= 0.6 is 11.8 Å². The molecule has 4 heteroatoms. The Balaban J connectivity index is 2.28.